The molecule has 26 heavy (non-hydrogen) atoms. The van der Waals surface area contributed by atoms with Crippen LogP contribution in [0.2, 0.25) is 0 Å². The van der Waals surface area contributed by atoms with Crippen LogP contribution in [0.4, 0.5) is 0 Å². The molecular weight excluding hydrogens is 375 g/mol. The molecule has 1 aromatic rings. The van der Waals surface area contributed by atoms with Crippen molar-refractivity contribution in [2.24, 2.45) is 5.41 Å². The van der Waals surface area contributed by atoms with Gasteiger partial charge in [-0.1, -0.05) is 0 Å². The molecule has 0 radical (unpaired) electrons. The maximum Gasteiger partial charge on any atom is 0.312 e. The van der Waals surface area contributed by atoms with Crippen LogP contribution in [0.3, 0.4) is 0 Å². The second kappa shape index (κ2) is 9.93. The Morgan fingerprint density at radius 1 is 1.35 bits per heavy atom. The van der Waals surface area contributed by atoms with Gasteiger partial charge in [-0.15, -0.1) is 24.8 Å². The summed E-state index contributed by atoms with van der Waals surface area (Å²) in [7, 11) is 2.11. The van der Waals surface area contributed by atoms with E-state index < -0.39 is 0 Å². The van der Waals surface area contributed by atoms with Gasteiger partial charge in [0, 0.05) is 25.2 Å². The molecule has 0 aliphatic carbocycles. The van der Waals surface area contributed by atoms with E-state index in [1.165, 1.54) is 5.69 Å². The maximum absolute atomic E-state index is 12.3. The summed E-state index contributed by atoms with van der Waals surface area (Å²) >= 11 is 0. The van der Waals surface area contributed by atoms with Crippen molar-refractivity contribution in [3.05, 3.63) is 17.5 Å². The highest BCUT2D eigenvalue weighted by Crippen LogP contribution is 2.41. The van der Waals surface area contributed by atoms with Crippen LogP contribution >= 0.6 is 24.8 Å². The van der Waals surface area contributed by atoms with Crippen LogP contribution in [0.15, 0.2) is 6.07 Å². The molecule has 0 bridgehead atoms. The van der Waals surface area contributed by atoms with Crippen LogP contribution in [0.5, 0.6) is 0 Å². The van der Waals surface area contributed by atoms with E-state index in [1.54, 1.807) is 0 Å². The van der Waals surface area contributed by atoms with Crippen molar-refractivity contribution in [1.82, 2.24) is 20.0 Å². The number of piperidine rings is 1. The summed E-state index contributed by atoms with van der Waals surface area (Å²) in [6, 6.07) is 2.11. The molecule has 1 spiro atoms. The largest absolute Gasteiger partial charge is 0.461 e. The van der Waals surface area contributed by atoms with Gasteiger partial charge in [0.1, 0.15) is 6.10 Å². The van der Waals surface area contributed by atoms with E-state index in [9.17, 15) is 4.79 Å². The number of halogens is 2. The first-order valence-electron chi connectivity index (χ1n) is 9.10. The smallest absolute Gasteiger partial charge is 0.312 e. The molecule has 150 valence electrons. The van der Waals surface area contributed by atoms with Crippen LogP contribution in [-0.4, -0.2) is 60.0 Å². The maximum atomic E-state index is 12.3. The fourth-order valence-electron chi connectivity index (χ4n) is 4.08. The van der Waals surface area contributed by atoms with Gasteiger partial charge in [-0.25, -0.2) is 0 Å². The molecule has 1 N–H and O–H groups in total. The van der Waals surface area contributed by atoms with Gasteiger partial charge in [0.15, 0.2) is 0 Å². The van der Waals surface area contributed by atoms with E-state index in [4.69, 9.17) is 4.74 Å². The van der Waals surface area contributed by atoms with E-state index >= 15 is 0 Å². The molecule has 2 saturated heterocycles. The Bertz CT molecular complexity index is 588. The Balaban J connectivity index is 0.00000169. The van der Waals surface area contributed by atoms with Gasteiger partial charge in [0.2, 0.25) is 0 Å². The predicted octanol–water partition coefficient (Wildman–Crippen LogP) is 2.35. The highest BCUT2D eigenvalue weighted by molar-refractivity contribution is 5.85. The molecule has 1 unspecified atom stereocenters. The molecule has 3 rings (SSSR count). The summed E-state index contributed by atoms with van der Waals surface area (Å²) in [6.07, 6.45) is 3.83. The number of aryl methyl sites for hydroxylation is 3. The van der Waals surface area contributed by atoms with Crippen molar-refractivity contribution in [2.45, 2.75) is 52.2 Å². The van der Waals surface area contributed by atoms with Crippen molar-refractivity contribution in [2.75, 3.05) is 33.2 Å². The lowest BCUT2D eigenvalue weighted by Crippen LogP contribution is -2.39. The van der Waals surface area contributed by atoms with Gasteiger partial charge in [-0.3, -0.25) is 9.48 Å². The number of cyclic esters (lactones) is 1. The number of hydrogen-bond donors (Lipinski definition) is 1. The third-order valence-electron chi connectivity index (χ3n) is 5.41. The zero-order chi connectivity index (χ0) is 17.2. The van der Waals surface area contributed by atoms with Crippen LogP contribution in [-0.2, 0) is 16.1 Å². The molecule has 2 aliphatic rings. The monoisotopic (exact) mass is 406 g/mol. The topological polar surface area (TPSA) is 59.4 Å². The number of nitrogens with one attached hydrogen (secondary N) is 1. The number of carbonyl (C=O) groups excluding carboxylic acids is 1. The summed E-state index contributed by atoms with van der Waals surface area (Å²) in [5.74, 6) is 0.0324. The minimum Gasteiger partial charge on any atom is -0.461 e. The molecule has 0 amide bonds. The lowest BCUT2D eigenvalue weighted by atomic mass is 9.76. The lowest BCUT2D eigenvalue weighted by Gasteiger charge is -2.29. The third kappa shape index (κ3) is 5.35. The first-order valence-corrected chi connectivity index (χ1v) is 9.10. The zero-order valence-electron chi connectivity index (χ0n) is 16.0. The highest BCUT2D eigenvalue weighted by Gasteiger charge is 2.49. The van der Waals surface area contributed by atoms with Gasteiger partial charge in [0.25, 0.3) is 0 Å². The number of carbonyl (C=O) groups is 1. The third-order valence-corrected chi connectivity index (χ3v) is 5.41. The van der Waals surface area contributed by atoms with Gasteiger partial charge in [0.05, 0.1) is 11.1 Å². The van der Waals surface area contributed by atoms with Crippen molar-refractivity contribution < 1.29 is 9.53 Å². The van der Waals surface area contributed by atoms with Crippen molar-refractivity contribution in [3.63, 3.8) is 0 Å². The van der Waals surface area contributed by atoms with Crippen LogP contribution < -0.4 is 5.32 Å². The van der Waals surface area contributed by atoms with Gasteiger partial charge in [-0.05, 0) is 65.9 Å². The van der Waals surface area contributed by atoms with Gasteiger partial charge < -0.3 is 15.0 Å². The Labute approximate surface area is 168 Å². The molecule has 2 fully saturated rings. The fourth-order valence-corrected chi connectivity index (χ4v) is 4.08. The molecule has 0 saturated carbocycles. The van der Waals surface area contributed by atoms with Gasteiger partial charge in [-0.2, -0.15) is 5.10 Å². The summed E-state index contributed by atoms with van der Waals surface area (Å²) < 4.78 is 7.76. The lowest BCUT2D eigenvalue weighted by molar-refractivity contribution is -0.150. The first-order chi connectivity index (χ1) is 11.5. The first kappa shape index (κ1) is 23.2. The molecule has 3 heterocycles. The van der Waals surface area contributed by atoms with Crippen molar-refractivity contribution >= 4 is 30.8 Å². The van der Waals surface area contributed by atoms with Crippen molar-refractivity contribution in [3.8, 4) is 0 Å². The summed E-state index contributed by atoms with van der Waals surface area (Å²) in [5, 5.41) is 7.84. The standard InChI is InChI=1S/C18H30N4O2.2ClH/c1-14-11-15(2)22(20-14)10-4-9-21(3)13-16-12-18(17(23)24-16)5-7-19-8-6-18;;/h11,16,19H,4-10,12-13H2,1-3H3;2*1H. The quantitative estimate of drug-likeness (QED) is 0.734. The summed E-state index contributed by atoms with van der Waals surface area (Å²) in [4.78, 5) is 14.6. The number of esters is 1. The Morgan fingerprint density at radius 3 is 2.65 bits per heavy atom. The van der Waals surface area contributed by atoms with Crippen LogP contribution in [0.25, 0.3) is 0 Å². The Kier molecular flexibility index (Phi) is 8.86. The molecule has 8 heteroatoms. The second-order valence-electron chi connectivity index (χ2n) is 7.53. The van der Waals surface area contributed by atoms with Crippen LogP contribution in [0.1, 0.15) is 37.1 Å². The average molecular weight is 407 g/mol. The second-order valence-corrected chi connectivity index (χ2v) is 7.53. The normalized spacial score (nSPS) is 21.4. The molecule has 2 aliphatic heterocycles. The molecule has 1 atom stereocenters. The van der Waals surface area contributed by atoms with Crippen LogP contribution in [0, 0.1) is 19.3 Å². The predicted molar refractivity (Wildman–Crippen MR) is 107 cm³/mol. The molecule has 0 aromatic carbocycles. The van der Waals surface area contributed by atoms with E-state index in [2.05, 4.69) is 40.0 Å². The van der Waals surface area contributed by atoms with E-state index in [-0.39, 0.29) is 42.3 Å². The molecular formula is C18H32Cl2N4O2. The summed E-state index contributed by atoms with van der Waals surface area (Å²) in [6.45, 7) is 8.74. The fraction of sp³-hybridized carbons (Fsp3) is 0.778. The van der Waals surface area contributed by atoms with E-state index in [0.717, 1.165) is 64.1 Å². The minimum atomic E-state index is -0.208. The summed E-state index contributed by atoms with van der Waals surface area (Å²) in [5.41, 5.74) is 2.08. The van der Waals surface area contributed by atoms with E-state index in [0.29, 0.717) is 0 Å². The number of ether oxygens (including phenoxy) is 1. The number of hydrogen-bond acceptors (Lipinski definition) is 5. The highest BCUT2D eigenvalue weighted by atomic mass is 35.5. The number of nitrogens with zero attached hydrogens (tertiary/aromatic N) is 3. The van der Waals surface area contributed by atoms with E-state index in [1.807, 2.05) is 6.92 Å². The molecule has 6 nitrogen and oxygen atoms in total. The minimum absolute atomic E-state index is 0. The number of aromatic nitrogens is 2. The zero-order valence-corrected chi connectivity index (χ0v) is 17.6. The average Bonchev–Trinajstić information content (AvgIpc) is 2.99. The number of likely N-dealkylation sites (N-methyl/N-ethyl adjacent to an activating group) is 1. The Hall–Kier alpha value is -0.820. The molecule has 1 aromatic heterocycles. The number of rotatable bonds is 6. The SMILES string of the molecule is Cc1cc(C)n(CCCN(C)CC2CC3(CCNCC3)C(=O)O2)n1.Cl.Cl. The Morgan fingerprint density at radius 2 is 2.04 bits per heavy atom. The van der Waals surface area contributed by atoms with Crippen molar-refractivity contribution in [1.29, 1.82) is 0 Å². The van der Waals surface area contributed by atoms with Gasteiger partial charge >= 0.3 is 5.97 Å².